The maximum atomic E-state index is 12.3. The first-order valence-corrected chi connectivity index (χ1v) is 6.12. The molecule has 0 fully saturated rings. The van der Waals surface area contributed by atoms with Gasteiger partial charge in [-0.1, -0.05) is 24.3 Å². The Balaban J connectivity index is 2.71. The highest BCUT2D eigenvalue weighted by molar-refractivity contribution is 7.86. The van der Waals surface area contributed by atoms with Crippen molar-refractivity contribution in [1.82, 2.24) is 0 Å². The summed E-state index contributed by atoms with van der Waals surface area (Å²) in [5, 5.41) is 0. The van der Waals surface area contributed by atoms with E-state index in [0.717, 1.165) is 5.56 Å². The van der Waals surface area contributed by atoms with Gasteiger partial charge in [-0.2, -0.15) is 8.42 Å². The fourth-order valence-electron chi connectivity index (χ4n) is 1.04. The second-order valence-electron chi connectivity index (χ2n) is 3.36. The Labute approximate surface area is 94.7 Å². The van der Waals surface area contributed by atoms with Crippen LogP contribution in [0.25, 0.3) is 0 Å². The summed E-state index contributed by atoms with van der Waals surface area (Å²) in [4.78, 5) is 0.0718. The van der Waals surface area contributed by atoms with E-state index in [1.807, 2.05) is 6.92 Å². The lowest BCUT2D eigenvalue weighted by molar-refractivity contribution is 0.312. The third-order valence-corrected chi connectivity index (χ3v) is 3.25. The van der Waals surface area contributed by atoms with Crippen molar-refractivity contribution in [2.24, 2.45) is 0 Å². The minimum absolute atomic E-state index is 0.0718. The third-order valence-electron chi connectivity index (χ3n) is 1.92. The van der Waals surface area contributed by atoms with E-state index in [0.29, 0.717) is 0 Å². The largest absolute Gasteiger partial charge is 0.296 e. The highest BCUT2D eigenvalue weighted by Gasteiger charge is 2.14. The normalized spacial score (nSPS) is 11.4. The summed E-state index contributed by atoms with van der Waals surface area (Å²) in [6.07, 6.45) is -0.120. The van der Waals surface area contributed by atoms with Gasteiger partial charge in [0.25, 0.3) is 10.1 Å². The zero-order valence-corrected chi connectivity index (χ0v) is 9.76. The van der Waals surface area contributed by atoms with Crippen molar-refractivity contribution in [3.63, 3.8) is 0 Å². The zero-order valence-electron chi connectivity index (χ0n) is 8.94. The summed E-state index contributed by atoms with van der Waals surface area (Å²) < 4.78 is 40.0. The molecule has 1 aromatic carbocycles. The Morgan fingerprint density at radius 1 is 1.38 bits per heavy atom. The van der Waals surface area contributed by atoms with Gasteiger partial charge in [-0.05, 0) is 19.1 Å². The molecule has 88 valence electrons. The molecule has 0 spiro atoms. The van der Waals surface area contributed by atoms with Crippen molar-refractivity contribution in [3.8, 4) is 0 Å². The average Bonchev–Trinajstić information content (AvgIpc) is 2.17. The minimum Gasteiger partial charge on any atom is -0.266 e. The van der Waals surface area contributed by atoms with Crippen LogP contribution in [0.1, 0.15) is 12.0 Å². The van der Waals surface area contributed by atoms with Crippen molar-refractivity contribution in [3.05, 3.63) is 42.2 Å². The average molecular weight is 244 g/mol. The molecule has 0 N–H and O–H groups in total. The van der Waals surface area contributed by atoms with Crippen LogP contribution in [0.2, 0.25) is 0 Å². The smallest absolute Gasteiger partial charge is 0.266 e. The summed E-state index contributed by atoms with van der Waals surface area (Å²) in [6.45, 7) is 4.64. The number of rotatable bonds is 5. The van der Waals surface area contributed by atoms with E-state index in [-0.39, 0.29) is 17.9 Å². The van der Waals surface area contributed by atoms with E-state index in [1.54, 1.807) is 12.1 Å². The van der Waals surface area contributed by atoms with Crippen LogP contribution in [0.4, 0.5) is 4.39 Å². The van der Waals surface area contributed by atoms with Crippen LogP contribution in [0.5, 0.6) is 0 Å². The second kappa shape index (κ2) is 5.23. The van der Waals surface area contributed by atoms with E-state index >= 15 is 0 Å². The number of aryl methyl sites for hydroxylation is 1. The fourth-order valence-corrected chi connectivity index (χ4v) is 1.94. The molecule has 0 bridgehead atoms. The molecule has 0 atom stereocenters. The Morgan fingerprint density at radius 3 is 2.44 bits per heavy atom. The molecule has 0 aliphatic carbocycles. The molecular formula is C11H13FO3S. The Hall–Kier alpha value is -1.20. The molecule has 1 rings (SSSR count). The topological polar surface area (TPSA) is 43.4 Å². The van der Waals surface area contributed by atoms with Gasteiger partial charge in [0, 0.05) is 6.42 Å². The van der Waals surface area contributed by atoms with Crippen LogP contribution in [-0.2, 0) is 14.3 Å². The van der Waals surface area contributed by atoms with Crippen molar-refractivity contribution < 1.29 is 17.0 Å². The minimum atomic E-state index is -3.78. The number of hydrogen-bond donors (Lipinski definition) is 0. The predicted octanol–water partition coefficient (Wildman–Crippen LogP) is 2.57. The van der Waals surface area contributed by atoms with E-state index < -0.39 is 15.9 Å². The first-order chi connectivity index (χ1) is 7.42. The van der Waals surface area contributed by atoms with Crippen LogP contribution < -0.4 is 0 Å². The van der Waals surface area contributed by atoms with Crippen molar-refractivity contribution in [1.29, 1.82) is 0 Å². The first kappa shape index (κ1) is 12.9. The fraction of sp³-hybridized carbons (Fsp3) is 0.273. The molecule has 0 aliphatic rings. The molecule has 1 aromatic rings. The molecule has 0 heterocycles. The van der Waals surface area contributed by atoms with Gasteiger partial charge in [0.05, 0.1) is 17.3 Å². The van der Waals surface area contributed by atoms with Gasteiger partial charge in [0.1, 0.15) is 0 Å². The maximum Gasteiger partial charge on any atom is 0.296 e. The van der Waals surface area contributed by atoms with E-state index in [1.165, 1.54) is 12.1 Å². The first-order valence-electron chi connectivity index (χ1n) is 4.71. The van der Waals surface area contributed by atoms with Gasteiger partial charge in [0.2, 0.25) is 0 Å². The molecule has 0 aliphatic heterocycles. The van der Waals surface area contributed by atoms with Crippen molar-refractivity contribution in [2.45, 2.75) is 18.2 Å². The molecule has 5 heteroatoms. The van der Waals surface area contributed by atoms with E-state index in [2.05, 4.69) is 10.8 Å². The summed E-state index contributed by atoms with van der Waals surface area (Å²) in [6, 6.07) is 6.25. The molecular weight excluding hydrogens is 231 g/mol. The molecule has 0 radical (unpaired) electrons. The monoisotopic (exact) mass is 244 g/mol. The lowest BCUT2D eigenvalue weighted by Gasteiger charge is -2.04. The quantitative estimate of drug-likeness (QED) is 0.748. The van der Waals surface area contributed by atoms with Gasteiger partial charge in [-0.25, -0.2) is 4.39 Å². The van der Waals surface area contributed by atoms with Crippen molar-refractivity contribution >= 4 is 10.1 Å². The highest BCUT2D eigenvalue weighted by atomic mass is 32.2. The SMILES string of the molecule is C=C(F)CCOS(=O)(=O)c1ccc(C)cc1. The van der Waals surface area contributed by atoms with Gasteiger partial charge in [-0.15, -0.1) is 0 Å². The zero-order chi connectivity index (χ0) is 12.2. The van der Waals surface area contributed by atoms with Gasteiger partial charge >= 0.3 is 0 Å². The Morgan fingerprint density at radius 2 is 1.94 bits per heavy atom. The molecule has 0 aromatic heterocycles. The standard InChI is InChI=1S/C11H13FO3S/c1-9-3-5-11(6-4-9)16(13,14)15-8-7-10(2)12/h3-6H,2,7-8H2,1H3. The third kappa shape index (κ3) is 3.75. The molecule has 16 heavy (non-hydrogen) atoms. The maximum absolute atomic E-state index is 12.3. The van der Waals surface area contributed by atoms with Crippen LogP contribution in [-0.4, -0.2) is 15.0 Å². The summed E-state index contributed by atoms with van der Waals surface area (Å²) in [5.74, 6) is -0.598. The molecule has 0 amide bonds. The van der Waals surface area contributed by atoms with E-state index in [4.69, 9.17) is 0 Å². The second-order valence-corrected chi connectivity index (χ2v) is 4.97. The Kier molecular flexibility index (Phi) is 4.20. The molecule has 3 nitrogen and oxygen atoms in total. The van der Waals surface area contributed by atoms with Gasteiger partial charge in [-0.3, -0.25) is 4.18 Å². The van der Waals surface area contributed by atoms with E-state index in [9.17, 15) is 12.8 Å². The lowest BCUT2D eigenvalue weighted by Crippen LogP contribution is -2.07. The van der Waals surface area contributed by atoms with Crippen LogP contribution >= 0.6 is 0 Å². The Bertz CT molecular complexity index is 463. The summed E-state index contributed by atoms with van der Waals surface area (Å²) in [5.41, 5.74) is 0.955. The number of halogens is 1. The number of hydrogen-bond acceptors (Lipinski definition) is 3. The van der Waals surface area contributed by atoms with Crippen molar-refractivity contribution in [2.75, 3.05) is 6.61 Å². The highest BCUT2D eigenvalue weighted by Crippen LogP contribution is 2.14. The number of benzene rings is 1. The molecule has 0 unspecified atom stereocenters. The molecule has 0 saturated carbocycles. The van der Waals surface area contributed by atoms with Crippen LogP contribution in [0, 0.1) is 6.92 Å². The summed E-state index contributed by atoms with van der Waals surface area (Å²) in [7, 11) is -3.78. The van der Waals surface area contributed by atoms with Crippen LogP contribution in [0.15, 0.2) is 41.6 Å². The predicted molar refractivity (Wildman–Crippen MR) is 59.2 cm³/mol. The summed E-state index contributed by atoms with van der Waals surface area (Å²) >= 11 is 0. The van der Waals surface area contributed by atoms with Crippen LogP contribution in [0.3, 0.4) is 0 Å². The lowest BCUT2D eigenvalue weighted by atomic mass is 10.2. The molecule has 0 saturated heterocycles. The van der Waals surface area contributed by atoms with Gasteiger partial charge in [0.15, 0.2) is 0 Å². The van der Waals surface area contributed by atoms with Gasteiger partial charge < -0.3 is 0 Å².